The molecule has 0 saturated carbocycles. The Morgan fingerprint density at radius 3 is 3.00 bits per heavy atom. The molecule has 0 unspecified atom stereocenters. The van der Waals surface area contributed by atoms with Crippen molar-refractivity contribution in [1.29, 1.82) is 0 Å². The second-order valence-electron chi connectivity index (χ2n) is 2.10. The van der Waals surface area contributed by atoms with E-state index >= 15 is 0 Å². The highest BCUT2D eigenvalue weighted by Gasteiger charge is 1.91. The van der Waals surface area contributed by atoms with E-state index in [1.807, 2.05) is 0 Å². The molecule has 2 heterocycles. The minimum absolute atomic E-state index is 0.534. The summed E-state index contributed by atoms with van der Waals surface area (Å²) < 4.78 is 4.54. The summed E-state index contributed by atoms with van der Waals surface area (Å²) >= 11 is 0. The van der Waals surface area contributed by atoms with E-state index in [9.17, 15) is 0 Å². The van der Waals surface area contributed by atoms with Gasteiger partial charge in [-0.3, -0.25) is 0 Å². The first kappa shape index (κ1) is 6.78. The number of aromatic nitrogens is 4. The van der Waals surface area contributed by atoms with Crippen molar-refractivity contribution in [2.24, 2.45) is 0 Å². The highest BCUT2D eigenvalue weighted by Crippen LogP contribution is 1.97. The Kier molecular flexibility index (Phi) is 1.69. The molecule has 0 radical (unpaired) electrons. The minimum atomic E-state index is 0.534. The van der Waals surface area contributed by atoms with Crippen molar-refractivity contribution in [2.45, 2.75) is 0 Å². The van der Waals surface area contributed by atoms with Crippen LogP contribution in [0.15, 0.2) is 23.3 Å². The smallest absolute Gasteiger partial charge is 0.214 e. The van der Waals surface area contributed by atoms with Crippen molar-refractivity contribution in [1.82, 2.24) is 20.1 Å². The van der Waals surface area contributed by atoms with Gasteiger partial charge in [0.15, 0.2) is 5.82 Å². The lowest BCUT2D eigenvalue weighted by Gasteiger charge is -1.79. The van der Waals surface area contributed by atoms with Gasteiger partial charge in [0.25, 0.3) is 0 Å². The van der Waals surface area contributed by atoms with Crippen LogP contribution in [0.2, 0.25) is 0 Å². The number of rotatable bonds is 2. The number of H-pyrrole nitrogens is 1. The maximum Gasteiger partial charge on any atom is 0.214 e. The van der Waals surface area contributed by atoms with Gasteiger partial charge < -0.3 is 9.51 Å². The largest absolute Gasteiger partial charge is 0.345 e. The van der Waals surface area contributed by atoms with Crippen LogP contribution in [0.25, 0.3) is 12.2 Å². The zero-order chi connectivity index (χ0) is 8.23. The summed E-state index contributed by atoms with van der Waals surface area (Å²) in [6, 6.07) is 0. The van der Waals surface area contributed by atoms with Crippen molar-refractivity contribution in [3.63, 3.8) is 0 Å². The maximum atomic E-state index is 4.54. The fourth-order valence-electron chi connectivity index (χ4n) is 0.774. The van der Waals surface area contributed by atoms with Gasteiger partial charge in [-0.2, -0.15) is 4.98 Å². The van der Waals surface area contributed by atoms with Gasteiger partial charge in [-0.05, 0) is 12.2 Å². The first-order valence-electron chi connectivity index (χ1n) is 3.39. The van der Waals surface area contributed by atoms with Gasteiger partial charge in [-0.15, -0.1) is 0 Å². The normalized spacial score (nSPS) is 11.0. The van der Waals surface area contributed by atoms with Crippen LogP contribution in [0.4, 0.5) is 0 Å². The van der Waals surface area contributed by atoms with E-state index in [0.29, 0.717) is 5.82 Å². The van der Waals surface area contributed by atoms with Crippen LogP contribution in [0, 0.1) is 0 Å². The van der Waals surface area contributed by atoms with Crippen molar-refractivity contribution >= 4 is 12.2 Å². The number of hydrogen-bond donors (Lipinski definition) is 1. The highest BCUT2D eigenvalue weighted by molar-refractivity contribution is 5.62. The van der Waals surface area contributed by atoms with E-state index in [4.69, 9.17) is 0 Å². The molecule has 0 aliphatic rings. The molecule has 12 heavy (non-hydrogen) atoms. The fraction of sp³-hybridized carbons (Fsp3) is 0. The molecule has 0 spiro atoms. The summed E-state index contributed by atoms with van der Waals surface area (Å²) in [7, 11) is 0. The predicted octanol–water partition coefficient (Wildman–Crippen LogP) is 0.963. The first-order valence-corrected chi connectivity index (χ1v) is 3.39. The Balaban J connectivity index is 2.14. The molecule has 5 heteroatoms. The van der Waals surface area contributed by atoms with E-state index in [1.54, 1.807) is 24.5 Å². The zero-order valence-corrected chi connectivity index (χ0v) is 6.14. The van der Waals surface area contributed by atoms with Crippen LogP contribution in [0.1, 0.15) is 11.6 Å². The van der Waals surface area contributed by atoms with E-state index < -0.39 is 0 Å². The number of nitrogens with zero attached hydrogens (tertiary/aromatic N) is 3. The van der Waals surface area contributed by atoms with Crippen molar-refractivity contribution in [2.75, 3.05) is 0 Å². The summed E-state index contributed by atoms with van der Waals surface area (Å²) in [4.78, 5) is 10.7. The van der Waals surface area contributed by atoms with Crippen LogP contribution >= 0.6 is 0 Å². The number of imidazole rings is 1. The van der Waals surface area contributed by atoms with E-state index in [0.717, 1.165) is 5.82 Å². The molecule has 0 bridgehead atoms. The number of aromatic amines is 1. The van der Waals surface area contributed by atoms with Crippen LogP contribution in [0.5, 0.6) is 0 Å². The molecule has 0 aromatic carbocycles. The molecule has 60 valence electrons. The Hall–Kier alpha value is -1.91. The fourth-order valence-corrected chi connectivity index (χ4v) is 0.774. The third kappa shape index (κ3) is 1.39. The number of nitrogens with one attached hydrogen (secondary N) is 1. The maximum absolute atomic E-state index is 4.54. The molecule has 2 aromatic rings. The Bertz CT molecular complexity index is 312. The molecule has 0 atom stereocenters. The molecule has 0 aliphatic heterocycles. The average Bonchev–Trinajstić information content (AvgIpc) is 2.74. The first-order chi connectivity index (χ1) is 5.95. The third-order valence-electron chi connectivity index (χ3n) is 1.29. The second kappa shape index (κ2) is 3.00. The Morgan fingerprint density at radius 1 is 1.33 bits per heavy atom. The Labute approximate surface area is 68.1 Å². The van der Waals surface area contributed by atoms with E-state index in [2.05, 4.69) is 24.6 Å². The molecule has 1 N–H and O–H groups in total. The lowest BCUT2D eigenvalue weighted by Crippen LogP contribution is -1.75. The van der Waals surface area contributed by atoms with Gasteiger partial charge in [0.2, 0.25) is 6.39 Å². The standard InChI is InChI=1S/C7H6N4O/c1(6-8-3-4-9-6)2-7-10-5-12-11-7/h1-5H,(H,8,9)/b2-1+. The molecule has 0 fully saturated rings. The van der Waals surface area contributed by atoms with E-state index in [-0.39, 0.29) is 0 Å². The summed E-state index contributed by atoms with van der Waals surface area (Å²) in [5.74, 6) is 1.30. The zero-order valence-electron chi connectivity index (χ0n) is 6.14. The molecule has 5 nitrogen and oxygen atoms in total. The monoisotopic (exact) mass is 162 g/mol. The van der Waals surface area contributed by atoms with Gasteiger partial charge in [0, 0.05) is 12.4 Å². The topological polar surface area (TPSA) is 67.6 Å². The van der Waals surface area contributed by atoms with Gasteiger partial charge in [0.05, 0.1) is 0 Å². The minimum Gasteiger partial charge on any atom is -0.345 e. The number of hydrogen-bond acceptors (Lipinski definition) is 4. The lowest BCUT2D eigenvalue weighted by molar-refractivity contribution is 0.415. The molecule has 0 amide bonds. The van der Waals surface area contributed by atoms with Crippen LogP contribution in [0.3, 0.4) is 0 Å². The third-order valence-corrected chi connectivity index (χ3v) is 1.29. The van der Waals surface area contributed by atoms with Crippen LogP contribution in [-0.4, -0.2) is 20.1 Å². The van der Waals surface area contributed by atoms with Gasteiger partial charge in [-0.1, -0.05) is 5.16 Å². The van der Waals surface area contributed by atoms with E-state index in [1.165, 1.54) is 6.39 Å². The summed E-state index contributed by atoms with van der Waals surface area (Å²) in [6.07, 6.45) is 8.18. The molecule has 0 aliphatic carbocycles. The molecular formula is C7H6N4O. The summed E-state index contributed by atoms with van der Waals surface area (Å²) in [5, 5.41) is 3.60. The van der Waals surface area contributed by atoms with Crippen LogP contribution in [-0.2, 0) is 0 Å². The molecule has 0 saturated heterocycles. The summed E-state index contributed by atoms with van der Waals surface area (Å²) in [6.45, 7) is 0. The van der Waals surface area contributed by atoms with Gasteiger partial charge >= 0.3 is 0 Å². The van der Waals surface area contributed by atoms with Crippen LogP contribution < -0.4 is 0 Å². The van der Waals surface area contributed by atoms with Crippen molar-refractivity contribution in [3.8, 4) is 0 Å². The Morgan fingerprint density at radius 2 is 2.33 bits per heavy atom. The highest BCUT2D eigenvalue weighted by atomic mass is 16.5. The SMILES string of the molecule is C(=C\c1ncc[nH]1)/c1ncon1. The molecule has 2 rings (SSSR count). The quantitative estimate of drug-likeness (QED) is 0.714. The average molecular weight is 162 g/mol. The van der Waals surface area contributed by atoms with Gasteiger partial charge in [0.1, 0.15) is 5.82 Å². The lowest BCUT2D eigenvalue weighted by atomic mass is 10.4. The van der Waals surface area contributed by atoms with Gasteiger partial charge in [-0.25, -0.2) is 4.98 Å². The molecule has 2 aromatic heterocycles. The second-order valence-corrected chi connectivity index (χ2v) is 2.10. The predicted molar refractivity (Wildman–Crippen MR) is 41.8 cm³/mol. The molecular weight excluding hydrogens is 156 g/mol. The van der Waals surface area contributed by atoms with Crippen molar-refractivity contribution < 1.29 is 4.52 Å². The summed E-state index contributed by atoms with van der Waals surface area (Å²) in [5.41, 5.74) is 0. The van der Waals surface area contributed by atoms with Crippen molar-refractivity contribution in [3.05, 3.63) is 30.4 Å².